The van der Waals surface area contributed by atoms with Gasteiger partial charge in [-0.15, -0.1) is 27.1 Å². The first kappa shape index (κ1) is 21.4. The number of nitrogens with zero attached hydrogens (tertiary/aromatic N) is 4. The van der Waals surface area contributed by atoms with E-state index < -0.39 is 11.7 Å². The number of hydrazone groups is 1. The minimum Gasteiger partial charge on any atom is -0.265 e. The van der Waals surface area contributed by atoms with E-state index in [-0.39, 0.29) is 11.5 Å². The van der Waals surface area contributed by atoms with Gasteiger partial charge in [0.15, 0.2) is 0 Å². The van der Waals surface area contributed by atoms with Crippen LogP contribution in [0.4, 0.5) is 18.9 Å². The lowest BCUT2D eigenvalue weighted by Gasteiger charge is -2.17. The standard InChI is InChI=1S/C19H17BrF3N5S/c1-12-13(2)29-11-28(12)27-26-18(14-6-8-16(20)9-7-14)25-24-17-5-3-4-15(10-17)19(21,22)23/h3-10,27H,11H2,1-2H3. The molecule has 152 valence electrons. The Kier molecular flexibility index (Phi) is 6.63. The lowest BCUT2D eigenvalue weighted by molar-refractivity contribution is -0.137. The number of hydrogen-bond acceptors (Lipinski definition) is 5. The van der Waals surface area contributed by atoms with Gasteiger partial charge >= 0.3 is 6.18 Å². The quantitative estimate of drug-likeness (QED) is 0.228. The fourth-order valence-corrected chi connectivity index (χ4v) is 3.51. The number of allylic oxidation sites excluding steroid dienone is 2. The van der Waals surface area contributed by atoms with Gasteiger partial charge in [0.25, 0.3) is 0 Å². The molecule has 0 aromatic heterocycles. The zero-order valence-corrected chi connectivity index (χ0v) is 17.9. The molecule has 1 heterocycles. The van der Waals surface area contributed by atoms with Gasteiger partial charge in [-0.1, -0.05) is 22.0 Å². The highest BCUT2D eigenvalue weighted by molar-refractivity contribution is 9.10. The molecule has 0 saturated heterocycles. The van der Waals surface area contributed by atoms with Gasteiger partial charge in [-0.25, -0.2) is 5.53 Å². The van der Waals surface area contributed by atoms with Crippen molar-refractivity contribution in [3.8, 4) is 0 Å². The molecule has 1 N–H and O–H groups in total. The SMILES string of the molecule is CC1=C(C)N(NN=C(N=Nc2cccc(C(F)(F)F)c2)c2ccc(Br)cc2)CS1. The molecule has 0 fully saturated rings. The summed E-state index contributed by atoms with van der Waals surface area (Å²) in [6.45, 7) is 4.00. The van der Waals surface area contributed by atoms with Crippen molar-refractivity contribution in [2.24, 2.45) is 15.3 Å². The van der Waals surface area contributed by atoms with E-state index in [1.54, 1.807) is 23.9 Å². The van der Waals surface area contributed by atoms with Crippen LogP contribution in [0.25, 0.3) is 0 Å². The molecule has 3 rings (SSSR count). The summed E-state index contributed by atoms with van der Waals surface area (Å²) < 4.78 is 39.6. The van der Waals surface area contributed by atoms with Crippen LogP contribution in [-0.4, -0.2) is 16.7 Å². The van der Waals surface area contributed by atoms with E-state index in [9.17, 15) is 13.2 Å². The fourth-order valence-electron chi connectivity index (χ4n) is 2.36. The van der Waals surface area contributed by atoms with E-state index in [4.69, 9.17) is 0 Å². The molecule has 5 nitrogen and oxygen atoms in total. The van der Waals surface area contributed by atoms with Crippen molar-refractivity contribution in [2.45, 2.75) is 20.0 Å². The summed E-state index contributed by atoms with van der Waals surface area (Å²) in [5.41, 5.74) is 3.97. The molecule has 0 unspecified atom stereocenters. The van der Waals surface area contributed by atoms with E-state index in [0.717, 1.165) is 22.3 Å². The molecule has 29 heavy (non-hydrogen) atoms. The zero-order valence-electron chi connectivity index (χ0n) is 15.5. The molecule has 0 atom stereocenters. The predicted molar refractivity (Wildman–Crippen MR) is 112 cm³/mol. The van der Waals surface area contributed by atoms with Gasteiger partial charge in [0.05, 0.1) is 17.1 Å². The van der Waals surface area contributed by atoms with Crippen LogP contribution in [0, 0.1) is 0 Å². The second kappa shape index (κ2) is 9.00. The Morgan fingerprint density at radius 2 is 1.86 bits per heavy atom. The molecule has 2 aromatic carbocycles. The van der Waals surface area contributed by atoms with Crippen molar-refractivity contribution in [3.05, 3.63) is 74.7 Å². The minimum atomic E-state index is -4.44. The summed E-state index contributed by atoms with van der Waals surface area (Å²) in [7, 11) is 0. The maximum Gasteiger partial charge on any atom is 0.416 e. The first-order valence-electron chi connectivity index (χ1n) is 8.50. The maximum atomic E-state index is 12.9. The highest BCUT2D eigenvalue weighted by Crippen LogP contribution is 2.32. The number of nitrogens with one attached hydrogen (secondary N) is 1. The molecule has 0 bridgehead atoms. The number of hydrazine groups is 1. The molecule has 0 amide bonds. The topological polar surface area (TPSA) is 52.3 Å². The lowest BCUT2D eigenvalue weighted by atomic mass is 10.2. The van der Waals surface area contributed by atoms with Gasteiger partial charge in [0.2, 0.25) is 5.84 Å². The van der Waals surface area contributed by atoms with Gasteiger partial charge in [0.1, 0.15) is 0 Å². The number of amidine groups is 1. The van der Waals surface area contributed by atoms with Crippen LogP contribution >= 0.6 is 27.7 Å². The Bertz CT molecular complexity index is 971. The highest BCUT2D eigenvalue weighted by atomic mass is 79.9. The minimum absolute atomic E-state index is 0.0910. The number of alkyl halides is 3. The number of rotatable bonds is 4. The number of thioether (sulfide) groups is 1. The summed E-state index contributed by atoms with van der Waals surface area (Å²) in [5, 5.41) is 14.3. The Morgan fingerprint density at radius 3 is 2.48 bits per heavy atom. The molecule has 0 spiro atoms. The van der Waals surface area contributed by atoms with Crippen LogP contribution in [0.5, 0.6) is 0 Å². The predicted octanol–water partition coefficient (Wildman–Crippen LogP) is 6.68. The molecular formula is C19H17BrF3N5S. The van der Waals surface area contributed by atoms with Crippen molar-refractivity contribution in [1.82, 2.24) is 10.5 Å². The first-order chi connectivity index (χ1) is 13.7. The number of azo groups is 1. The van der Waals surface area contributed by atoms with E-state index in [1.807, 2.05) is 31.0 Å². The maximum absolute atomic E-state index is 12.9. The Morgan fingerprint density at radius 1 is 1.14 bits per heavy atom. The Balaban J connectivity index is 1.88. The molecule has 0 saturated carbocycles. The number of hydrogen-bond donors (Lipinski definition) is 1. The second-order valence-electron chi connectivity index (χ2n) is 6.13. The fraction of sp³-hybridized carbons (Fsp3) is 0.211. The molecule has 2 aromatic rings. The van der Waals surface area contributed by atoms with Crippen LogP contribution in [-0.2, 0) is 6.18 Å². The average Bonchev–Trinajstić information content (AvgIpc) is 3.01. The summed E-state index contributed by atoms with van der Waals surface area (Å²) in [6.07, 6.45) is -4.44. The Labute approximate surface area is 178 Å². The molecule has 10 heteroatoms. The lowest BCUT2D eigenvalue weighted by Crippen LogP contribution is -2.30. The molecule has 0 aliphatic carbocycles. The van der Waals surface area contributed by atoms with Gasteiger partial charge in [-0.05, 0) is 56.3 Å². The molecular weight excluding hydrogens is 467 g/mol. The highest BCUT2D eigenvalue weighted by Gasteiger charge is 2.30. The molecule has 1 aliphatic heterocycles. The third-order valence-electron chi connectivity index (χ3n) is 4.14. The normalized spacial score (nSPS) is 15.5. The molecule has 0 radical (unpaired) electrons. The van der Waals surface area contributed by atoms with Crippen LogP contribution < -0.4 is 5.53 Å². The summed E-state index contributed by atoms with van der Waals surface area (Å²) >= 11 is 5.05. The summed E-state index contributed by atoms with van der Waals surface area (Å²) in [5.74, 6) is 0.941. The van der Waals surface area contributed by atoms with E-state index in [2.05, 4.69) is 36.8 Å². The van der Waals surface area contributed by atoms with E-state index in [1.165, 1.54) is 17.0 Å². The van der Waals surface area contributed by atoms with Crippen LogP contribution in [0.15, 0.2) is 78.9 Å². The van der Waals surface area contributed by atoms with Gasteiger partial charge < -0.3 is 0 Å². The first-order valence-corrected chi connectivity index (χ1v) is 10.3. The third kappa shape index (κ3) is 5.60. The van der Waals surface area contributed by atoms with Gasteiger partial charge in [-0.3, -0.25) is 5.01 Å². The van der Waals surface area contributed by atoms with Crippen LogP contribution in [0.3, 0.4) is 0 Å². The zero-order chi connectivity index (χ0) is 21.0. The van der Waals surface area contributed by atoms with Crippen LogP contribution in [0.1, 0.15) is 25.0 Å². The van der Waals surface area contributed by atoms with Crippen molar-refractivity contribution in [1.29, 1.82) is 0 Å². The molecule has 1 aliphatic rings. The number of benzene rings is 2. The second-order valence-corrected chi connectivity index (χ2v) is 8.21. The van der Waals surface area contributed by atoms with Gasteiger partial charge in [-0.2, -0.15) is 13.2 Å². The van der Waals surface area contributed by atoms with E-state index >= 15 is 0 Å². The summed E-state index contributed by atoms with van der Waals surface area (Å²) in [6, 6.07) is 11.9. The Hall–Kier alpha value is -2.33. The van der Waals surface area contributed by atoms with Crippen LogP contribution in [0.2, 0.25) is 0 Å². The van der Waals surface area contributed by atoms with Crippen molar-refractivity contribution in [2.75, 3.05) is 5.88 Å². The average molecular weight is 484 g/mol. The third-order valence-corrected chi connectivity index (χ3v) is 5.78. The van der Waals surface area contributed by atoms with Crippen molar-refractivity contribution >= 4 is 39.2 Å². The van der Waals surface area contributed by atoms with Gasteiger partial charge in [0, 0.05) is 20.6 Å². The smallest absolute Gasteiger partial charge is 0.265 e. The largest absolute Gasteiger partial charge is 0.416 e. The van der Waals surface area contributed by atoms with Crippen molar-refractivity contribution < 1.29 is 13.2 Å². The monoisotopic (exact) mass is 483 g/mol. The van der Waals surface area contributed by atoms with E-state index in [0.29, 0.717) is 11.4 Å². The van der Waals surface area contributed by atoms with Crippen molar-refractivity contribution in [3.63, 3.8) is 0 Å². The number of halogens is 4. The summed E-state index contributed by atoms with van der Waals surface area (Å²) in [4.78, 5) is 1.18.